The number of anilines is 1. The van der Waals surface area contributed by atoms with Gasteiger partial charge in [-0.05, 0) is 36.6 Å². The lowest BCUT2D eigenvalue weighted by Gasteiger charge is -1.97. The zero-order valence-electron chi connectivity index (χ0n) is 9.20. The summed E-state index contributed by atoms with van der Waals surface area (Å²) in [5, 5.41) is 3.06. The molecule has 1 N–H and O–H groups in total. The molecule has 0 amide bonds. The molecule has 1 nitrogen and oxygen atoms in total. The van der Waals surface area contributed by atoms with E-state index in [4.69, 9.17) is 0 Å². The van der Waals surface area contributed by atoms with Crippen molar-refractivity contribution < 1.29 is 0 Å². The number of aryl methyl sites for hydroxylation is 1. The Morgan fingerprint density at radius 3 is 2.31 bits per heavy atom. The van der Waals surface area contributed by atoms with Gasteiger partial charge in [0.1, 0.15) is 0 Å². The van der Waals surface area contributed by atoms with E-state index in [0.29, 0.717) is 0 Å². The zero-order valence-corrected chi connectivity index (χ0v) is 9.20. The minimum absolute atomic E-state index is 1.02. The highest BCUT2D eigenvalue weighted by atomic mass is 14.8. The van der Waals surface area contributed by atoms with Crippen molar-refractivity contribution in [1.82, 2.24) is 0 Å². The van der Waals surface area contributed by atoms with E-state index in [0.717, 1.165) is 11.3 Å². The van der Waals surface area contributed by atoms with Gasteiger partial charge in [0.25, 0.3) is 0 Å². The van der Waals surface area contributed by atoms with Gasteiger partial charge >= 0.3 is 0 Å². The van der Waals surface area contributed by atoms with Crippen LogP contribution in [0.5, 0.6) is 0 Å². The molecule has 16 heavy (non-hydrogen) atoms. The Bertz CT molecular complexity index is 518. The molecule has 0 unspecified atom stereocenters. The average Bonchev–Trinajstić information content (AvgIpc) is 2.33. The molecule has 1 heteroatoms. The standard InChI is InChI=1S/C15H13N/c1-13-7-5-6-8-14(13)11-12-16-15-9-3-2-4-10-15/h2-10,16H,1H3. The molecule has 0 atom stereocenters. The van der Waals surface area contributed by atoms with Crippen LogP contribution < -0.4 is 5.32 Å². The molecule has 0 aliphatic heterocycles. The van der Waals surface area contributed by atoms with Gasteiger partial charge in [-0.2, -0.15) is 0 Å². The summed E-state index contributed by atoms with van der Waals surface area (Å²) in [5.74, 6) is 3.10. The molecule has 2 aromatic rings. The summed E-state index contributed by atoms with van der Waals surface area (Å²) in [6.45, 7) is 2.06. The second-order valence-corrected chi connectivity index (χ2v) is 3.56. The van der Waals surface area contributed by atoms with Crippen LogP contribution in [-0.4, -0.2) is 0 Å². The van der Waals surface area contributed by atoms with Crippen molar-refractivity contribution >= 4 is 5.69 Å². The zero-order chi connectivity index (χ0) is 11.2. The van der Waals surface area contributed by atoms with Crippen molar-refractivity contribution in [3.8, 4) is 12.0 Å². The summed E-state index contributed by atoms with van der Waals surface area (Å²) >= 11 is 0. The van der Waals surface area contributed by atoms with Gasteiger partial charge in [0.2, 0.25) is 0 Å². The van der Waals surface area contributed by atoms with E-state index < -0.39 is 0 Å². The SMILES string of the molecule is Cc1ccccc1C#CNc1ccccc1. The van der Waals surface area contributed by atoms with Gasteiger partial charge in [-0.25, -0.2) is 0 Å². The Hall–Kier alpha value is -2.20. The molecule has 0 aliphatic rings. The smallest absolute Gasteiger partial charge is 0.0459 e. The van der Waals surface area contributed by atoms with E-state index in [1.54, 1.807) is 0 Å². The van der Waals surface area contributed by atoms with E-state index in [-0.39, 0.29) is 0 Å². The molecule has 0 saturated carbocycles. The van der Waals surface area contributed by atoms with E-state index >= 15 is 0 Å². The normalized spacial score (nSPS) is 9.06. The Labute approximate surface area is 96.1 Å². The number of benzene rings is 2. The molecular weight excluding hydrogens is 194 g/mol. The van der Waals surface area contributed by atoms with Crippen molar-refractivity contribution in [1.29, 1.82) is 0 Å². The minimum Gasteiger partial charge on any atom is -0.315 e. The maximum Gasteiger partial charge on any atom is 0.0459 e. The molecule has 2 aromatic carbocycles. The quantitative estimate of drug-likeness (QED) is 0.558. The van der Waals surface area contributed by atoms with Crippen molar-refractivity contribution in [2.24, 2.45) is 0 Å². The monoisotopic (exact) mass is 207 g/mol. The number of para-hydroxylation sites is 1. The molecule has 0 saturated heterocycles. The Balaban J connectivity index is 2.10. The topological polar surface area (TPSA) is 12.0 Å². The fraction of sp³-hybridized carbons (Fsp3) is 0.0667. The van der Waals surface area contributed by atoms with E-state index in [1.807, 2.05) is 48.5 Å². The molecule has 0 bridgehead atoms. The van der Waals surface area contributed by atoms with Crippen LogP contribution in [0.15, 0.2) is 54.6 Å². The van der Waals surface area contributed by atoms with E-state index in [2.05, 4.69) is 30.3 Å². The third-order valence-corrected chi connectivity index (χ3v) is 2.32. The summed E-state index contributed by atoms with van der Waals surface area (Å²) in [6.07, 6.45) is 0. The predicted octanol–water partition coefficient (Wildman–Crippen LogP) is 3.42. The van der Waals surface area contributed by atoms with Crippen molar-refractivity contribution in [3.05, 3.63) is 65.7 Å². The molecule has 0 radical (unpaired) electrons. The van der Waals surface area contributed by atoms with Crippen LogP contribution in [-0.2, 0) is 0 Å². The first kappa shape index (κ1) is 10.3. The highest BCUT2D eigenvalue weighted by molar-refractivity contribution is 5.50. The van der Waals surface area contributed by atoms with Gasteiger partial charge in [-0.3, -0.25) is 0 Å². The minimum atomic E-state index is 1.02. The first-order valence-electron chi connectivity index (χ1n) is 5.24. The summed E-state index contributed by atoms with van der Waals surface area (Å²) in [7, 11) is 0. The second kappa shape index (κ2) is 5.04. The van der Waals surface area contributed by atoms with Crippen LogP contribution in [0.3, 0.4) is 0 Å². The van der Waals surface area contributed by atoms with Crippen molar-refractivity contribution in [2.75, 3.05) is 5.32 Å². The fourth-order valence-corrected chi connectivity index (χ4v) is 1.41. The maximum atomic E-state index is 3.10. The summed E-state index contributed by atoms with van der Waals surface area (Å²) < 4.78 is 0. The Kier molecular flexibility index (Phi) is 3.25. The van der Waals surface area contributed by atoms with Gasteiger partial charge in [0.15, 0.2) is 0 Å². The molecule has 78 valence electrons. The molecule has 0 fully saturated rings. The number of nitrogens with one attached hydrogen (secondary N) is 1. The Morgan fingerprint density at radius 2 is 1.56 bits per heavy atom. The highest BCUT2D eigenvalue weighted by Crippen LogP contribution is 2.06. The van der Waals surface area contributed by atoms with Crippen LogP contribution in [0, 0.1) is 18.9 Å². The van der Waals surface area contributed by atoms with Crippen LogP contribution in [0.4, 0.5) is 5.69 Å². The van der Waals surface area contributed by atoms with Crippen molar-refractivity contribution in [2.45, 2.75) is 6.92 Å². The Morgan fingerprint density at radius 1 is 0.875 bits per heavy atom. The largest absolute Gasteiger partial charge is 0.315 e. The molecule has 0 spiro atoms. The van der Waals surface area contributed by atoms with Crippen LogP contribution in [0.1, 0.15) is 11.1 Å². The highest BCUT2D eigenvalue weighted by Gasteiger charge is 1.90. The maximum absolute atomic E-state index is 3.10. The van der Waals surface area contributed by atoms with Crippen LogP contribution in [0.2, 0.25) is 0 Å². The lowest BCUT2D eigenvalue weighted by molar-refractivity contribution is 1.44. The molecule has 0 aromatic heterocycles. The molecule has 0 aliphatic carbocycles. The summed E-state index contributed by atoms with van der Waals surface area (Å²) in [6, 6.07) is 21.0. The lowest BCUT2D eigenvalue weighted by atomic mass is 10.1. The number of hydrogen-bond acceptors (Lipinski definition) is 1. The van der Waals surface area contributed by atoms with Gasteiger partial charge in [-0.15, -0.1) is 0 Å². The number of rotatable bonds is 1. The first-order valence-corrected chi connectivity index (χ1v) is 5.24. The third kappa shape index (κ3) is 2.65. The lowest BCUT2D eigenvalue weighted by Crippen LogP contribution is -1.88. The number of hydrogen-bond donors (Lipinski definition) is 1. The van der Waals surface area contributed by atoms with E-state index in [1.165, 1.54) is 5.56 Å². The molecule has 0 heterocycles. The molecule has 2 rings (SSSR count). The van der Waals surface area contributed by atoms with Gasteiger partial charge < -0.3 is 5.32 Å². The summed E-state index contributed by atoms with van der Waals surface area (Å²) in [4.78, 5) is 0. The third-order valence-electron chi connectivity index (χ3n) is 2.32. The van der Waals surface area contributed by atoms with E-state index in [9.17, 15) is 0 Å². The fourth-order valence-electron chi connectivity index (χ4n) is 1.41. The first-order chi connectivity index (χ1) is 7.86. The van der Waals surface area contributed by atoms with Gasteiger partial charge in [0.05, 0.1) is 0 Å². The summed E-state index contributed by atoms with van der Waals surface area (Å²) in [5.41, 5.74) is 3.28. The van der Waals surface area contributed by atoms with Gasteiger partial charge in [-0.1, -0.05) is 36.4 Å². The molecular formula is C15H13N. The van der Waals surface area contributed by atoms with Crippen molar-refractivity contribution in [3.63, 3.8) is 0 Å². The predicted molar refractivity (Wildman–Crippen MR) is 68.1 cm³/mol. The van der Waals surface area contributed by atoms with Crippen LogP contribution >= 0.6 is 0 Å². The average molecular weight is 207 g/mol. The van der Waals surface area contributed by atoms with Crippen LogP contribution in [0.25, 0.3) is 0 Å². The second-order valence-electron chi connectivity index (χ2n) is 3.56. The van der Waals surface area contributed by atoms with Gasteiger partial charge in [0, 0.05) is 17.3 Å².